The molecule has 0 saturated heterocycles. The standard InChI is InChI=1S/C14H25N3O3Si/c1-8-14(4)13(18)19-10(3)12-15-11(16-17(12)14)9(2)20-21(5,6)7/h9-10H,8H2,1-7H3/t9?,10-,14+/m0/s1. The van der Waals surface area contributed by atoms with E-state index >= 15 is 0 Å². The van der Waals surface area contributed by atoms with Crippen molar-refractivity contribution in [3.63, 3.8) is 0 Å². The van der Waals surface area contributed by atoms with Gasteiger partial charge in [0.25, 0.3) is 0 Å². The first kappa shape index (κ1) is 16.2. The Bertz CT molecular complexity index is 552. The smallest absolute Gasteiger partial charge is 0.334 e. The van der Waals surface area contributed by atoms with Gasteiger partial charge in [-0.25, -0.2) is 14.5 Å². The molecule has 6 nitrogen and oxygen atoms in total. The molecule has 2 heterocycles. The fourth-order valence-electron chi connectivity index (χ4n) is 2.44. The third-order valence-electron chi connectivity index (χ3n) is 3.79. The van der Waals surface area contributed by atoms with Crippen LogP contribution in [0.4, 0.5) is 0 Å². The van der Waals surface area contributed by atoms with E-state index in [9.17, 15) is 4.79 Å². The molecule has 1 aromatic heterocycles. The number of esters is 1. The van der Waals surface area contributed by atoms with Crippen molar-refractivity contribution in [2.75, 3.05) is 0 Å². The number of hydrogen-bond acceptors (Lipinski definition) is 5. The number of aromatic nitrogens is 3. The lowest BCUT2D eigenvalue weighted by molar-refractivity contribution is -0.165. The van der Waals surface area contributed by atoms with E-state index in [1.165, 1.54) is 0 Å². The molecule has 21 heavy (non-hydrogen) atoms. The Balaban J connectivity index is 2.41. The van der Waals surface area contributed by atoms with E-state index in [2.05, 4.69) is 29.7 Å². The van der Waals surface area contributed by atoms with Gasteiger partial charge >= 0.3 is 5.97 Å². The quantitative estimate of drug-likeness (QED) is 0.632. The predicted octanol–water partition coefficient (Wildman–Crippen LogP) is 2.93. The van der Waals surface area contributed by atoms with Crippen molar-refractivity contribution < 1.29 is 14.0 Å². The van der Waals surface area contributed by atoms with E-state index < -0.39 is 13.9 Å². The van der Waals surface area contributed by atoms with Crippen LogP contribution in [0.2, 0.25) is 19.6 Å². The summed E-state index contributed by atoms with van der Waals surface area (Å²) in [6.45, 7) is 14.0. The molecule has 0 saturated carbocycles. The predicted molar refractivity (Wildman–Crippen MR) is 81.3 cm³/mol. The van der Waals surface area contributed by atoms with Gasteiger partial charge < -0.3 is 9.16 Å². The largest absolute Gasteiger partial charge is 0.453 e. The first-order valence-electron chi connectivity index (χ1n) is 7.44. The molecule has 0 amide bonds. The SMILES string of the molecule is CC[C@]1(C)C(=O)O[C@@H](C)c2nc(C(C)O[Si](C)(C)C)nn21. The lowest BCUT2D eigenvalue weighted by Gasteiger charge is -2.34. The Kier molecular flexibility index (Phi) is 4.01. The minimum Gasteiger partial charge on any atom is -0.453 e. The van der Waals surface area contributed by atoms with E-state index in [4.69, 9.17) is 9.16 Å². The average Bonchev–Trinajstić information content (AvgIpc) is 2.80. The molecule has 0 radical (unpaired) electrons. The first-order valence-corrected chi connectivity index (χ1v) is 10.9. The fraction of sp³-hybridized carbons (Fsp3) is 0.786. The molecule has 1 unspecified atom stereocenters. The third kappa shape index (κ3) is 2.89. The Hall–Kier alpha value is -1.21. The van der Waals surface area contributed by atoms with Crippen molar-refractivity contribution in [1.82, 2.24) is 14.8 Å². The van der Waals surface area contributed by atoms with Crippen LogP contribution in [0.25, 0.3) is 0 Å². The second kappa shape index (κ2) is 5.21. The number of hydrogen-bond donors (Lipinski definition) is 0. The Labute approximate surface area is 127 Å². The molecule has 118 valence electrons. The number of fused-ring (bicyclic) bond motifs is 1. The van der Waals surface area contributed by atoms with E-state index in [-0.39, 0.29) is 18.2 Å². The highest BCUT2D eigenvalue weighted by Gasteiger charge is 2.45. The van der Waals surface area contributed by atoms with Gasteiger partial charge in [0, 0.05) is 0 Å². The normalized spacial score (nSPS) is 27.2. The second-order valence-corrected chi connectivity index (χ2v) is 11.2. The van der Waals surface area contributed by atoms with Gasteiger partial charge in [-0.1, -0.05) is 6.92 Å². The zero-order valence-corrected chi connectivity index (χ0v) is 14.9. The summed E-state index contributed by atoms with van der Waals surface area (Å²) < 4.78 is 13.2. The highest BCUT2D eigenvalue weighted by Crippen LogP contribution is 2.34. The topological polar surface area (TPSA) is 66.2 Å². The summed E-state index contributed by atoms with van der Waals surface area (Å²) in [5.74, 6) is 1.07. The first-order chi connectivity index (χ1) is 9.58. The van der Waals surface area contributed by atoms with Gasteiger partial charge in [0.2, 0.25) is 0 Å². The third-order valence-corrected chi connectivity index (χ3v) is 4.85. The fourth-order valence-corrected chi connectivity index (χ4v) is 3.61. The van der Waals surface area contributed by atoms with E-state index in [0.29, 0.717) is 18.1 Å². The van der Waals surface area contributed by atoms with Gasteiger partial charge in [0.15, 0.2) is 31.6 Å². The van der Waals surface area contributed by atoms with Crippen LogP contribution < -0.4 is 0 Å². The Morgan fingerprint density at radius 2 is 2.10 bits per heavy atom. The van der Waals surface area contributed by atoms with Crippen molar-refractivity contribution in [2.45, 2.75) is 71.5 Å². The number of nitrogens with zero attached hydrogens (tertiary/aromatic N) is 3. The number of ether oxygens (including phenoxy) is 1. The van der Waals surface area contributed by atoms with Crippen LogP contribution in [0.1, 0.15) is 58.0 Å². The molecule has 0 fully saturated rings. The van der Waals surface area contributed by atoms with Crippen LogP contribution >= 0.6 is 0 Å². The molecule has 0 aliphatic carbocycles. The molecular weight excluding hydrogens is 286 g/mol. The minimum atomic E-state index is -1.68. The monoisotopic (exact) mass is 311 g/mol. The van der Waals surface area contributed by atoms with Crippen molar-refractivity contribution in [3.8, 4) is 0 Å². The molecule has 0 spiro atoms. The summed E-state index contributed by atoms with van der Waals surface area (Å²) in [7, 11) is -1.68. The van der Waals surface area contributed by atoms with E-state index in [1.807, 2.05) is 27.7 Å². The minimum absolute atomic E-state index is 0.182. The van der Waals surface area contributed by atoms with Crippen molar-refractivity contribution in [1.29, 1.82) is 0 Å². The molecule has 0 bridgehead atoms. The zero-order chi connectivity index (χ0) is 16.0. The molecule has 0 aromatic carbocycles. The van der Waals surface area contributed by atoms with Gasteiger partial charge in [-0.15, -0.1) is 0 Å². The highest BCUT2D eigenvalue weighted by atomic mass is 28.4. The number of carbonyl (C=O) groups excluding carboxylic acids is 1. The van der Waals surface area contributed by atoms with E-state index in [1.54, 1.807) is 4.68 Å². The average molecular weight is 311 g/mol. The Morgan fingerprint density at radius 1 is 1.48 bits per heavy atom. The molecule has 1 aliphatic heterocycles. The lowest BCUT2D eigenvalue weighted by atomic mass is 9.97. The highest BCUT2D eigenvalue weighted by molar-refractivity contribution is 6.69. The second-order valence-electron chi connectivity index (χ2n) is 6.79. The van der Waals surface area contributed by atoms with Crippen molar-refractivity contribution in [3.05, 3.63) is 11.6 Å². The van der Waals surface area contributed by atoms with Crippen LogP contribution in [-0.4, -0.2) is 29.1 Å². The molecule has 3 atom stereocenters. The van der Waals surface area contributed by atoms with Crippen LogP contribution in [0.3, 0.4) is 0 Å². The van der Waals surface area contributed by atoms with Crippen molar-refractivity contribution in [2.24, 2.45) is 0 Å². The molecule has 1 aromatic rings. The van der Waals surface area contributed by atoms with Crippen LogP contribution in [0.5, 0.6) is 0 Å². The molecule has 1 aliphatic rings. The van der Waals surface area contributed by atoms with Crippen LogP contribution in [0.15, 0.2) is 0 Å². The molecule has 2 rings (SSSR count). The summed E-state index contributed by atoms with van der Waals surface area (Å²) in [4.78, 5) is 16.8. The van der Waals surface area contributed by atoms with Gasteiger partial charge in [0.05, 0.1) is 0 Å². The van der Waals surface area contributed by atoms with Crippen molar-refractivity contribution >= 4 is 14.3 Å². The van der Waals surface area contributed by atoms with Crippen LogP contribution in [0, 0.1) is 0 Å². The number of carbonyl (C=O) groups is 1. The van der Waals surface area contributed by atoms with Gasteiger partial charge in [0.1, 0.15) is 6.10 Å². The number of cyclic esters (lactones) is 1. The number of rotatable bonds is 4. The van der Waals surface area contributed by atoms with E-state index in [0.717, 1.165) is 0 Å². The summed E-state index contributed by atoms with van der Waals surface area (Å²) in [6.07, 6.45) is 0.0491. The maximum atomic E-state index is 12.2. The summed E-state index contributed by atoms with van der Waals surface area (Å²) in [6, 6.07) is 0. The maximum absolute atomic E-state index is 12.2. The van der Waals surface area contributed by atoms with Crippen LogP contribution in [-0.2, 0) is 19.5 Å². The molecule has 7 heteroatoms. The summed E-state index contributed by atoms with van der Waals surface area (Å²) >= 11 is 0. The van der Waals surface area contributed by atoms with Gasteiger partial charge in [-0.3, -0.25) is 0 Å². The lowest BCUT2D eigenvalue weighted by Crippen LogP contribution is -2.46. The molecular formula is C14H25N3O3Si. The van der Waals surface area contributed by atoms with Gasteiger partial charge in [-0.05, 0) is 46.8 Å². The zero-order valence-electron chi connectivity index (χ0n) is 13.9. The summed E-state index contributed by atoms with van der Waals surface area (Å²) in [5, 5.41) is 4.56. The maximum Gasteiger partial charge on any atom is 0.334 e. The van der Waals surface area contributed by atoms with Gasteiger partial charge in [-0.2, -0.15) is 5.10 Å². The summed E-state index contributed by atoms with van der Waals surface area (Å²) in [5.41, 5.74) is -0.786. The Morgan fingerprint density at radius 3 is 2.62 bits per heavy atom. The molecule has 0 N–H and O–H groups in total.